The molecule has 0 radical (unpaired) electrons. The number of hydrogen-bond acceptors (Lipinski definition) is 4. The summed E-state index contributed by atoms with van der Waals surface area (Å²) in [6, 6.07) is 8.39. The molecule has 0 unspecified atom stereocenters. The highest BCUT2D eigenvalue weighted by atomic mass is 16.5. The fraction of sp³-hybridized carbons (Fsp3) is 0.421. The Kier molecular flexibility index (Phi) is 4.50. The van der Waals surface area contributed by atoms with Crippen molar-refractivity contribution in [2.75, 3.05) is 18.4 Å². The molecule has 1 saturated heterocycles. The summed E-state index contributed by atoms with van der Waals surface area (Å²) in [4.78, 5) is 22.5. The third-order valence-corrected chi connectivity index (χ3v) is 4.89. The molecule has 0 spiro atoms. The highest BCUT2D eigenvalue weighted by Gasteiger charge is 2.24. The number of anilines is 1. The van der Waals surface area contributed by atoms with Crippen molar-refractivity contribution in [2.45, 2.75) is 38.2 Å². The average molecular weight is 338 g/mol. The number of piperidine rings is 1. The van der Waals surface area contributed by atoms with Gasteiger partial charge in [-0.3, -0.25) is 0 Å². The number of benzene rings is 1. The summed E-state index contributed by atoms with van der Waals surface area (Å²) in [5, 5.41) is 3.03. The molecule has 2 aliphatic rings. The SMILES string of the molecule is O=C(Nc1ccc2c(c1)CCC2)N1CCC(Oc2ncccn2)CC1. The first kappa shape index (κ1) is 15.9. The van der Waals surface area contributed by atoms with E-state index >= 15 is 0 Å². The molecule has 4 rings (SSSR count). The molecule has 1 aliphatic heterocycles. The van der Waals surface area contributed by atoms with Crippen LogP contribution in [0.3, 0.4) is 0 Å². The lowest BCUT2D eigenvalue weighted by atomic mass is 10.1. The molecule has 2 aromatic rings. The van der Waals surface area contributed by atoms with Crippen molar-refractivity contribution >= 4 is 11.7 Å². The van der Waals surface area contributed by atoms with E-state index in [1.807, 2.05) is 11.0 Å². The number of carbonyl (C=O) groups is 1. The number of likely N-dealkylation sites (tertiary alicyclic amines) is 1. The van der Waals surface area contributed by atoms with Gasteiger partial charge in [0.15, 0.2) is 0 Å². The lowest BCUT2D eigenvalue weighted by molar-refractivity contribution is 0.107. The van der Waals surface area contributed by atoms with Crippen molar-refractivity contribution in [3.8, 4) is 6.01 Å². The molecule has 2 heterocycles. The largest absolute Gasteiger partial charge is 0.460 e. The molecule has 1 N–H and O–H groups in total. The van der Waals surface area contributed by atoms with Gasteiger partial charge in [-0.2, -0.15) is 0 Å². The van der Waals surface area contributed by atoms with Crippen LogP contribution in [0.1, 0.15) is 30.4 Å². The molecular weight excluding hydrogens is 316 g/mol. The number of nitrogens with one attached hydrogen (secondary N) is 1. The topological polar surface area (TPSA) is 67.4 Å². The van der Waals surface area contributed by atoms with Crippen LogP contribution in [0.2, 0.25) is 0 Å². The van der Waals surface area contributed by atoms with Gasteiger partial charge in [-0.25, -0.2) is 14.8 Å². The van der Waals surface area contributed by atoms with E-state index < -0.39 is 0 Å². The molecular formula is C19H22N4O2. The van der Waals surface area contributed by atoms with Crippen molar-refractivity contribution in [1.82, 2.24) is 14.9 Å². The first-order chi connectivity index (χ1) is 12.3. The molecule has 25 heavy (non-hydrogen) atoms. The predicted octanol–water partition coefficient (Wildman–Crippen LogP) is 3.04. The predicted molar refractivity (Wildman–Crippen MR) is 94.7 cm³/mol. The van der Waals surface area contributed by atoms with Crippen molar-refractivity contribution in [3.63, 3.8) is 0 Å². The van der Waals surface area contributed by atoms with E-state index in [1.165, 1.54) is 17.5 Å². The van der Waals surface area contributed by atoms with Crippen LogP contribution < -0.4 is 10.1 Å². The number of nitrogens with zero attached hydrogens (tertiary/aromatic N) is 3. The highest BCUT2D eigenvalue weighted by Crippen LogP contribution is 2.25. The third-order valence-electron chi connectivity index (χ3n) is 4.89. The molecule has 1 aromatic heterocycles. The van der Waals surface area contributed by atoms with Gasteiger partial charge >= 0.3 is 12.0 Å². The van der Waals surface area contributed by atoms with Crippen LogP contribution in [0.15, 0.2) is 36.7 Å². The second-order valence-corrected chi connectivity index (χ2v) is 6.60. The van der Waals surface area contributed by atoms with E-state index in [1.54, 1.807) is 18.5 Å². The summed E-state index contributed by atoms with van der Waals surface area (Å²) < 4.78 is 5.77. The summed E-state index contributed by atoms with van der Waals surface area (Å²) in [5.41, 5.74) is 3.67. The molecule has 130 valence electrons. The fourth-order valence-electron chi connectivity index (χ4n) is 3.52. The van der Waals surface area contributed by atoms with Crippen LogP contribution in [0, 0.1) is 0 Å². The van der Waals surface area contributed by atoms with Gasteiger partial charge in [-0.05, 0) is 48.6 Å². The molecule has 0 atom stereocenters. The van der Waals surface area contributed by atoms with E-state index in [4.69, 9.17) is 4.74 Å². The van der Waals surface area contributed by atoms with Gasteiger partial charge in [-0.15, -0.1) is 0 Å². The second kappa shape index (κ2) is 7.09. The Morgan fingerprint density at radius 3 is 2.68 bits per heavy atom. The average Bonchev–Trinajstić information content (AvgIpc) is 3.11. The standard InChI is InChI=1S/C19H22N4O2/c24-19(22-16-6-5-14-3-1-4-15(14)13-16)23-11-7-17(8-12-23)25-18-20-9-2-10-21-18/h2,5-6,9-10,13,17H,1,3-4,7-8,11-12H2,(H,22,24). The minimum absolute atomic E-state index is 0.0349. The van der Waals surface area contributed by atoms with Gasteiger partial charge < -0.3 is 15.0 Å². The third kappa shape index (κ3) is 3.73. The monoisotopic (exact) mass is 338 g/mol. The fourth-order valence-corrected chi connectivity index (χ4v) is 3.52. The van der Waals surface area contributed by atoms with Crippen molar-refractivity contribution in [1.29, 1.82) is 0 Å². The van der Waals surface area contributed by atoms with Crippen LogP contribution in [0.5, 0.6) is 6.01 Å². The van der Waals surface area contributed by atoms with Crippen LogP contribution in [-0.4, -0.2) is 40.1 Å². The van der Waals surface area contributed by atoms with Gasteiger partial charge in [0.25, 0.3) is 0 Å². The Morgan fingerprint density at radius 2 is 1.88 bits per heavy atom. The zero-order valence-corrected chi connectivity index (χ0v) is 14.1. The Hall–Kier alpha value is -2.63. The lowest BCUT2D eigenvalue weighted by Gasteiger charge is -2.31. The summed E-state index contributed by atoms with van der Waals surface area (Å²) in [6.07, 6.45) is 8.46. The van der Waals surface area contributed by atoms with Gasteiger partial charge in [0.05, 0.1) is 0 Å². The zero-order valence-electron chi connectivity index (χ0n) is 14.1. The van der Waals surface area contributed by atoms with Crippen LogP contribution in [0.4, 0.5) is 10.5 Å². The number of rotatable bonds is 3. The maximum absolute atomic E-state index is 12.5. The number of aryl methyl sites for hydroxylation is 2. The van der Waals surface area contributed by atoms with Crippen molar-refractivity contribution in [3.05, 3.63) is 47.8 Å². The molecule has 1 aliphatic carbocycles. The van der Waals surface area contributed by atoms with E-state index in [9.17, 15) is 4.79 Å². The number of amides is 2. The molecule has 6 nitrogen and oxygen atoms in total. The minimum Gasteiger partial charge on any atom is -0.460 e. The Labute approximate surface area is 147 Å². The highest BCUT2D eigenvalue weighted by molar-refractivity contribution is 5.89. The van der Waals surface area contributed by atoms with Gasteiger partial charge in [-0.1, -0.05) is 6.07 Å². The van der Waals surface area contributed by atoms with Crippen LogP contribution >= 0.6 is 0 Å². The molecule has 0 bridgehead atoms. The Bertz CT molecular complexity index is 742. The molecule has 0 saturated carbocycles. The number of fused-ring (bicyclic) bond motifs is 1. The normalized spacial score (nSPS) is 17.2. The number of hydrogen-bond donors (Lipinski definition) is 1. The number of aromatic nitrogens is 2. The quantitative estimate of drug-likeness (QED) is 0.934. The summed E-state index contributed by atoms with van der Waals surface area (Å²) in [7, 11) is 0. The lowest BCUT2D eigenvalue weighted by Crippen LogP contribution is -2.43. The van der Waals surface area contributed by atoms with E-state index in [0.717, 1.165) is 31.4 Å². The minimum atomic E-state index is -0.0349. The van der Waals surface area contributed by atoms with Crippen molar-refractivity contribution in [2.24, 2.45) is 0 Å². The van der Waals surface area contributed by atoms with E-state index in [0.29, 0.717) is 19.1 Å². The maximum Gasteiger partial charge on any atom is 0.321 e. The summed E-state index contributed by atoms with van der Waals surface area (Å²) in [5.74, 6) is 0. The van der Waals surface area contributed by atoms with Crippen LogP contribution in [-0.2, 0) is 12.8 Å². The second-order valence-electron chi connectivity index (χ2n) is 6.60. The smallest absolute Gasteiger partial charge is 0.321 e. The summed E-state index contributed by atoms with van der Waals surface area (Å²) in [6.45, 7) is 1.35. The van der Waals surface area contributed by atoms with E-state index in [-0.39, 0.29) is 12.1 Å². The Balaban J connectivity index is 1.29. The van der Waals surface area contributed by atoms with Crippen LogP contribution in [0.25, 0.3) is 0 Å². The summed E-state index contributed by atoms with van der Waals surface area (Å²) >= 11 is 0. The molecule has 2 amide bonds. The molecule has 1 aromatic carbocycles. The first-order valence-corrected chi connectivity index (χ1v) is 8.89. The van der Waals surface area contributed by atoms with Crippen molar-refractivity contribution < 1.29 is 9.53 Å². The molecule has 1 fully saturated rings. The number of ether oxygens (including phenoxy) is 1. The van der Waals surface area contributed by atoms with Gasteiger partial charge in [0, 0.05) is 44.0 Å². The first-order valence-electron chi connectivity index (χ1n) is 8.89. The Morgan fingerprint density at radius 1 is 1.12 bits per heavy atom. The number of urea groups is 1. The van der Waals surface area contributed by atoms with E-state index in [2.05, 4.69) is 27.4 Å². The molecule has 6 heteroatoms. The number of carbonyl (C=O) groups excluding carboxylic acids is 1. The maximum atomic E-state index is 12.5. The van der Waals surface area contributed by atoms with Gasteiger partial charge in [0.1, 0.15) is 6.10 Å². The zero-order chi connectivity index (χ0) is 17.1. The van der Waals surface area contributed by atoms with Gasteiger partial charge in [0.2, 0.25) is 0 Å².